The molecule has 0 bridgehead atoms. The molecule has 2 unspecified atom stereocenters. The molecule has 2 atom stereocenters. The monoisotopic (exact) mass is 318 g/mol. The van der Waals surface area contributed by atoms with Gasteiger partial charge in [0.25, 0.3) is 5.91 Å². The molecule has 2 rings (SSSR count). The van der Waals surface area contributed by atoms with Crippen molar-refractivity contribution in [3.63, 3.8) is 0 Å². The number of hydrogen-bond donors (Lipinski definition) is 1. The normalized spacial score (nSPS) is 22.6. The lowest BCUT2D eigenvalue weighted by Gasteiger charge is -2.21. The second-order valence-corrected chi connectivity index (χ2v) is 6.35. The molecule has 0 saturated carbocycles. The van der Waals surface area contributed by atoms with E-state index in [1.165, 1.54) is 24.3 Å². The maximum Gasteiger partial charge on any atom is 0.446 e. The molecule has 1 heterocycles. The molecule has 21 heavy (non-hydrogen) atoms. The van der Waals surface area contributed by atoms with Crippen molar-refractivity contribution in [2.45, 2.75) is 29.8 Å². The van der Waals surface area contributed by atoms with E-state index in [0.717, 1.165) is 6.42 Å². The Morgan fingerprint density at radius 1 is 1.38 bits per heavy atom. The fourth-order valence-corrected chi connectivity index (χ4v) is 3.10. The number of halogens is 3. The summed E-state index contributed by atoms with van der Waals surface area (Å²) >= 11 is -0.183. The number of thioether (sulfide) groups is 1. The van der Waals surface area contributed by atoms with E-state index in [2.05, 4.69) is 0 Å². The van der Waals surface area contributed by atoms with Crippen LogP contribution in [-0.2, 0) is 0 Å². The number of alkyl halides is 3. The molecule has 1 aliphatic heterocycles. The zero-order valence-electron chi connectivity index (χ0n) is 11.6. The molecule has 1 saturated heterocycles. The van der Waals surface area contributed by atoms with E-state index in [-0.39, 0.29) is 28.6 Å². The van der Waals surface area contributed by atoms with Gasteiger partial charge in [0.1, 0.15) is 0 Å². The van der Waals surface area contributed by atoms with Crippen molar-refractivity contribution in [2.24, 2.45) is 11.7 Å². The van der Waals surface area contributed by atoms with Gasteiger partial charge in [0.05, 0.1) is 0 Å². The summed E-state index contributed by atoms with van der Waals surface area (Å²) in [6.07, 6.45) is 0.865. The predicted octanol–water partition coefficient (Wildman–Crippen LogP) is 3.11. The minimum atomic E-state index is -4.32. The van der Waals surface area contributed by atoms with Gasteiger partial charge in [0.2, 0.25) is 0 Å². The van der Waals surface area contributed by atoms with Gasteiger partial charge in [-0.3, -0.25) is 4.79 Å². The third-order valence-electron chi connectivity index (χ3n) is 3.59. The Balaban J connectivity index is 2.07. The number of rotatable bonds is 3. The highest BCUT2D eigenvalue weighted by atomic mass is 32.2. The highest BCUT2D eigenvalue weighted by molar-refractivity contribution is 8.00. The molecule has 0 radical (unpaired) electrons. The van der Waals surface area contributed by atoms with Crippen LogP contribution in [0.5, 0.6) is 0 Å². The zero-order valence-corrected chi connectivity index (χ0v) is 12.4. The highest BCUT2D eigenvalue weighted by Gasteiger charge is 2.32. The summed E-state index contributed by atoms with van der Waals surface area (Å²) in [7, 11) is 0. The molecule has 0 aliphatic carbocycles. The summed E-state index contributed by atoms with van der Waals surface area (Å²) < 4.78 is 36.8. The van der Waals surface area contributed by atoms with Crippen LogP contribution >= 0.6 is 11.8 Å². The minimum Gasteiger partial charge on any atom is -0.336 e. The average Bonchev–Trinajstić information content (AvgIpc) is 2.78. The van der Waals surface area contributed by atoms with E-state index < -0.39 is 5.51 Å². The summed E-state index contributed by atoms with van der Waals surface area (Å²) in [6.45, 7) is 3.10. The molecule has 1 aliphatic rings. The van der Waals surface area contributed by atoms with Gasteiger partial charge in [-0.2, -0.15) is 13.2 Å². The fraction of sp³-hybridized carbons (Fsp3) is 0.500. The number of nitrogens with zero attached hydrogens (tertiary/aromatic N) is 1. The highest BCUT2D eigenvalue weighted by Crippen LogP contribution is 2.36. The van der Waals surface area contributed by atoms with Gasteiger partial charge >= 0.3 is 5.51 Å². The summed E-state index contributed by atoms with van der Waals surface area (Å²) in [5.74, 6) is 0.144. The molecule has 0 aromatic heterocycles. The van der Waals surface area contributed by atoms with E-state index in [0.29, 0.717) is 24.6 Å². The van der Waals surface area contributed by atoms with E-state index in [1.54, 1.807) is 4.90 Å². The van der Waals surface area contributed by atoms with Crippen LogP contribution in [0.4, 0.5) is 13.2 Å². The first kappa shape index (κ1) is 16.2. The second-order valence-electron chi connectivity index (χ2n) is 5.22. The summed E-state index contributed by atoms with van der Waals surface area (Å²) in [5.41, 5.74) is 1.72. The molecule has 1 fully saturated rings. The number of nitrogens with two attached hydrogens (primary N) is 1. The van der Waals surface area contributed by atoms with Crippen LogP contribution in [-0.4, -0.2) is 35.4 Å². The van der Waals surface area contributed by atoms with Crippen LogP contribution in [0.1, 0.15) is 23.7 Å². The van der Waals surface area contributed by atoms with E-state index >= 15 is 0 Å². The average molecular weight is 318 g/mol. The molecular formula is C14H17F3N2OS. The van der Waals surface area contributed by atoms with Gasteiger partial charge in [0, 0.05) is 23.0 Å². The largest absolute Gasteiger partial charge is 0.446 e. The number of likely N-dealkylation sites (tertiary alicyclic amines) is 1. The summed E-state index contributed by atoms with van der Waals surface area (Å²) in [6, 6.07) is 5.65. The minimum absolute atomic E-state index is 0.0772. The van der Waals surface area contributed by atoms with Gasteiger partial charge in [-0.05, 0) is 61.8 Å². The van der Waals surface area contributed by atoms with Crippen LogP contribution in [0.25, 0.3) is 0 Å². The standard InChI is InChI=1S/C14H17F3N2OS/c1-9-6-10(7-18)8-19(9)13(20)11-2-4-12(5-3-11)21-14(15,16)17/h2-5,9-10H,6-8,18H2,1H3. The van der Waals surface area contributed by atoms with Crippen molar-refractivity contribution < 1.29 is 18.0 Å². The SMILES string of the molecule is CC1CC(CN)CN1C(=O)c1ccc(SC(F)(F)F)cc1. The second kappa shape index (κ2) is 6.27. The van der Waals surface area contributed by atoms with Gasteiger partial charge in [-0.1, -0.05) is 0 Å². The number of amides is 1. The van der Waals surface area contributed by atoms with Crippen molar-refractivity contribution in [3.05, 3.63) is 29.8 Å². The smallest absolute Gasteiger partial charge is 0.336 e. The van der Waals surface area contributed by atoms with Gasteiger partial charge in [-0.15, -0.1) is 0 Å². The first-order valence-electron chi connectivity index (χ1n) is 6.67. The number of carbonyl (C=O) groups excluding carboxylic acids is 1. The topological polar surface area (TPSA) is 46.3 Å². The van der Waals surface area contributed by atoms with Gasteiger partial charge in [-0.25, -0.2) is 0 Å². The van der Waals surface area contributed by atoms with Gasteiger partial charge < -0.3 is 10.6 Å². The Hall–Kier alpha value is -1.21. The van der Waals surface area contributed by atoms with Gasteiger partial charge in [0.15, 0.2) is 0 Å². The molecule has 1 aromatic rings. The first-order chi connectivity index (χ1) is 9.80. The van der Waals surface area contributed by atoms with Crippen molar-refractivity contribution in [3.8, 4) is 0 Å². The van der Waals surface area contributed by atoms with Crippen LogP contribution in [0, 0.1) is 5.92 Å². The maximum absolute atomic E-state index is 12.4. The van der Waals surface area contributed by atoms with E-state index in [4.69, 9.17) is 5.73 Å². The lowest BCUT2D eigenvalue weighted by molar-refractivity contribution is -0.0328. The summed E-state index contributed by atoms with van der Waals surface area (Å²) in [5, 5.41) is 0. The van der Waals surface area contributed by atoms with E-state index in [1.807, 2.05) is 6.92 Å². The molecule has 3 nitrogen and oxygen atoms in total. The predicted molar refractivity (Wildman–Crippen MR) is 76.0 cm³/mol. The van der Waals surface area contributed by atoms with Crippen LogP contribution in [0.3, 0.4) is 0 Å². The Morgan fingerprint density at radius 2 is 2.00 bits per heavy atom. The fourth-order valence-electron chi connectivity index (χ4n) is 2.56. The molecule has 1 amide bonds. The number of benzene rings is 1. The zero-order chi connectivity index (χ0) is 15.6. The molecular weight excluding hydrogens is 301 g/mol. The van der Waals surface area contributed by atoms with Crippen molar-refractivity contribution in [2.75, 3.05) is 13.1 Å². The Morgan fingerprint density at radius 3 is 2.48 bits per heavy atom. The molecule has 0 spiro atoms. The third kappa shape index (κ3) is 4.14. The number of carbonyl (C=O) groups is 1. The van der Waals surface area contributed by atoms with Crippen LogP contribution in [0.15, 0.2) is 29.2 Å². The lowest BCUT2D eigenvalue weighted by atomic mass is 10.1. The first-order valence-corrected chi connectivity index (χ1v) is 7.48. The molecule has 7 heteroatoms. The van der Waals surface area contributed by atoms with Crippen molar-refractivity contribution in [1.82, 2.24) is 4.90 Å². The summed E-state index contributed by atoms with van der Waals surface area (Å²) in [4.78, 5) is 14.2. The molecule has 1 aromatic carbocycles. The van der Waals surface area contributed by atoms with Crippen LogP contribution < -0.4 is 5.73 Å². The third-order valence-corrected chi connectivity index (χ3v) is 4.33. The maximum atomic E-state index is 12.4. The van der Waals surface area contributed by atoms with Crippen molar-refractivity contribution >= 4 is 17.7 Å². The Kier molecular flexibility index (Phi) is 4.83. The quantitative estimate of drug-likeness (QED) is 0.871. The Labute approximate surface area is 125 Å². The molecule has 2 N–H and O–H groups in total. The lowest BCUT2D eigenvalue weighted by Crippen LogP contribution is -2.34. The number of hydrogen-bond acceptors (Lipinski definition) is 3. The Bertz CT molecular complexity index is 504. The van der Waals surface area contributed by atoms with Crippen LogP contribution in [0.2, 0.25) is 0 Å². The molecule has 116 valence electrons. The van der Waals surface area contributed by atoms with Crippen molar-refractivity contribution in [1.29, 1.82) is 0 Å². The van der Waals surface area contributed by atoms with E-state index in [9.17, 15) is 18.0 Å².